The second-order valence-corrected chi connectivity index (χ2v) is 9.18. The van der Waals surface area contributed by atoms with Crippen LogP contribution in [0, 0.1) is 19.8 Å². The molecule has 7 heteroatoms. The molecule has 184 valence electrons. The van der Waals surface area contributed by atoms with Crippen molar-refractivity contribution in [3.63, 3.8) is 0 Å². The van der Waals surface area contributed by atoms with Crippen molar-refractivity contribution in [1.29, 1.82) is 0 Å². The predicted octanol–water partition coefficient (Wildman–Crippen LogP) is 4.16. The van der Waals surface area contributed by atoms with E-state index in [0.717, 1.165) is 41.2 Å². The molecule has 1 saturated heterocycles. The van der Waals surface area contributed by atoms with E-state index in [2.05, 4.69) is 0 Å². The number of aryl methyl sites for hydroxylation is 1. The van der Waals surface area contributed by atoms with E-state index in [1.54, 1.807) is 4.90 Å². The highest BCUT2D eigenvalue weighted by molar-refractivity contribution is 5.81. The second kappa shape index (κ2) is 11.2. The quantitative estimate of drug-likeness (QED) is 0.492. The van der Waals surface area contributed by atoms with Gasteiger partial charge < -0.3 is 14.5 Å². The van der Waals surface area contributed by atoms with E-state index < -0.39 is 0 Å². The summed E-state index contributed by atoms with van der Waals surface area (Å²) in [6, 6.07) is 19.5. The smallest absolute Gasteiger partial charge is 0.227 e. The summed E-state index contributed by atoms with van der Waals surface area (Å²) in [7, 11) is 1.84. The molecule has 1 fully saturated rings. The number of amides is 2. The lowest BCUT2D eigenvalue weighted by atomic mass is 9.96. The zero-order chi connectivity index (χ0) is 24.8. The average Bonchev–Trinajstić information content (AvgIpc) is 3.17. The van der Waals surface area contributed by atoms with Gasteiger partial charge in [0, 0.05) is 37.9 Å². The number of nitrogens with zero attached hydrogens (tertiary/aromatic N) is 4. The topological polar surface area (TPSA) is 67.7 Å². The number of carbonyl (C=O) groups is 2. The third kappa shape index (κ3) is 5.91. The number of carbonyl (C=O) groups excluding carboxylic acids is 2. The molecule has 3 aromatic rings. The molecule has 0 N–H and O–H groups in total. The SMILES string of the molecule is Cc1nn(-c2ccccc2)c(C)c1CN(C)C(=O)C1CCCN(C(=O)CCOc2ccccc2)C1. The zero-order valence-electron chi connectivity index (χ0n) is 20.8. The van der Waals surface area contributed by atoms with E-state index in [4.69, 9.17) is 9.84 Å². The van der Waals surface area contributed by atoms with Gasteiger partial charge in [0.2, 0.25) is 11.8 Å². The van der Waals surface area contributed by atoms with Gasteiger partial charge in [-0.15, -0.1) is 0 Å². The highest BCUT2D eigenvalue weighted by atomic mass is 16.5. The summed E-state index contributed by atoms with van der Waals surface area (Å²) in [6.07, 6.45) is 1.94. The molecule has 0 bridgehead atoms. The molecule has 2 amide bonds. The summed E-state index contributed by atoms with van der Waals surface area (Å²) in [5.41, 5.74) is 4.02. The van der Waals surface area contributed by atoms with E-state index in [1.165, 1.54) is 0 Å². The molecule has 7 nitrogen and oxygen atoms in total. The molecule has 1 atom stereocenters. The first-order valence-electron chi connectivity index (χ1n) is 12.2. The molecule has 35 heavy (non-hydrogen) atoms. The van der Waals surface area contributed by atoms with Crippen LogP contribution in [-0.4, -0.2) is 58.1 Å². The largest absolute Gasteiger partial charge is 0.493 e. The molecule has 1 aliphatic rings. The number of likely N-dealkylation sites (tertiary alicyclic amines) is 1. The van der Waals surface area contributed by atoms with Gasteiger partial charge in [0.15, 0.2) is 0 Å². The Hall–Kier alpha value is -3.61. The fourth-order valence-corrected chi connectivity index (χ4v) is 4.69. The van der Waals surface area contributed by atoms with Crippen molar-refractivity contribution < 1.29 is 14.3 Å². The molecule has 0 radical (unpaired) electrons. The maximum atomic E-state index is 13.3. The summed E-state index contributed by atoms with van der Waals surface area (Å²) in [4.78, 5) is 29.7. The number of para-hydroxylation sites is 2. The number of rotatable bonds is 8. The third-order valence-corrected chi connectivity index (χ3v) is 6.66. The molecule has 4 rings (SSSR count). The molecule has 2 heterocycles. The molecule has 1 aliphatic heterocycles. The van der Waals surface area contributed by atoms with Crippen molar-refractivity contribution >= 4 is 11.8 Å². The Morgan fingerprint density at radius 3 is 2.46 bits per heavy atom. The number of hydrogen-bond acceptors (Lipinski definition) is 4. The number of benzene rings is 2. The zero-order valence-corrected chi connectivity index (χ0v) is 20.8. The monoisotopic (exact) mass is 474 g/mol. The fourth-order valence-electron chi connectivity index (χ4n) is 4.69. The van der Waals surface area contributed by atoms with Gasteiger partial charge in [-0.2, -0.15) is 5.10 Å². The van der Waals surface area contributed by atoms with E-state index in [0.29, 0.717) is 32.7 Å². The fraction of sp³-hybridized carbons (Fsp3) is 0.393. The minimum Gasteiger partial charge on any atom is -0.493 e. The van der Waals surface area contributed by atoms with Crippen molar-refractivity contribution in [3.8, 4) is 11.4 Å². The van der Waals surface area contributed by atoms with Crippen LogP contribution in [0.2, 0.25) is 0 Å². The lowest BCUT2D eigenvalue weighted by Crippen LogP contribution is -2.46. The molecular weight excluding hydrogens is 440 g/mol. The van der Waals surface area contributed by atoms with Crippen LogP contribution < -0.4 is 4.74 Å². The summed E-state index contributed by atoms with van der Waals surface area (Å²) >= 11 is 0. The Labute approximate surface area is 207 Å². The van der Waals surface area contributed by atoms with E-state index in [-0.39, 0.29) is 17.7 Å². The van der Waals surface area contributed by atoms with E-state index in [1.807, 2.05) is 91.1 Å². The first kappa shape index (κ1) is 24.5. The van der Waals surface area contributed by atoms with Gasteiger partial charge in [-0.1, -0.05) is 36.4 Å². The molecular formula is C28H34N4O3. The van der Waals surface area contributed by atoms with E-state index in [9.17, 15) is 9.59 Å². The van der Waals surface area contributed by atoms with Crippen molar-refractivity contribution in [3.05, 3.63) is 77.6 Å². The summed E-state index contributed by atoms with van der Waals surface area (Å²) in [6.45, 7) is 6.02. The lowest BCUT2D eigenvalue weighted by molar-refractivity contribution is -0.140. The average molecular weight is 475 g/mol. The van der Waals surface area contributed by atoms with Gasteiger partial charge in [0.25, 0.3) is 0 Å². The predicted molar refractivity (Wildman–Crippen MR) is 135 cm³/mol. The van der Waals surface area contributed by atoms with Crippen LogP contribution in [0.25, 0.3) is 5.69 Å². The minimum atomic E-state index is -0.183. The maximum Gasteiger partial charge on any atom is 0.227 e. The van der Waals surface area contributed by atoms with Crippen LogP contribution >= 0.6 is 0 Å². The summed E-state index contributed by atoms with van der Waals surface area (Å²) < 4.78 is 7.60. The lowest BCUT2D eigenvalue weighted by Gasteiger charge is -2.34. The number of aromatic nitrogens is 2. The Balaban J connectivity index is 1.33. The van der Waals surface area contributed by atoms with Gasteiger partial charge in [-0.3, -0.25) is 9.59 Å². The standard InChI is InChI=1S/C28H34N4O3/c1-21-26(22(2)32(29-21)24-12-6-4-7-13-24)20-30(3)28(34)23-11-10-17-31(19-23)27(33)16-18-35-25-14-8-5-9-15-25/h4-9,12-15,23H,10-11,16-20H2,1-3H3. The van der Waals surface area contributed by atoms with Crippen LogP contribution in [-0.2, 0) is 16.1 Å². The Kier molecular flexibility index (Phi) is 7.85. The number of hydrogen-bond donors (Lipinski definition) is 0. The minimum absolute atomic E-state index is 0.0388. The molecule has 0 saturated carbocycles. The van der Waals surface area contributed by atoms with Crippen molar-refractivity contribution in [2.75, 3.05) is 26.7 Å². The van der Waals surface area contributed by atoms with Gasteiger partial charge in [-0.05, 0) is 51.0 Å². The number of ether oxygens (including phenoxy) is 1. The second-order valence-electron chi connectivity index (χ2n) is 9.18. The van der Waals surface area contributed by atoms with Crippen LogP contribution in [0.5, 0.6) is 5.75 Å². The van der Waals surface area contributed by atoms with Crippen molar-refractivity contribution in [2.24, 2.45) is 5.92 Å². The van der Waals surface area contributed by atoms with Crippen LogP contribution in [0.3, 0.4) is 0 Å². The van der Waals surface area contributed by atoms with Crippen molar-refractivity contribution in [2.45, 2.75) is 39.7 Å². The first-order valence-corrected chi connectivity index (χ1v) is 12.2. The van der Waals surface area contributed by atoms with Crippen LogP contribution in [0.1, 0.15) is 36.2 Å². The third-order valence-electron chi connectivity index (χ3n) is 6.66. The van der Waals surface area contributed by atoms with Crippen LogP contribution in [0.4, 0.5) is 0 Å². The summed E-state index contributed by atoms with van der Waals surface area (Å²) in [5.74, 6) is 0.693. The van der Waals surface area contributed by atoms with Crippen molar-refractivity contribution in [1.82, 2.24) is 19.6 Å². The van der Waals surface area contributed by atoms with Gasteiger partial charge in [-0.25, -0.2) is 4.68 Å². The van der Waals surface area contributed by atoms with Gasteiger partial charge in [0.1, 0.15) is 5.75 Å². The van der Waals surface area contributed by atoms with Gasteiger partial charge >= 0.3 is 0 Å². The maximum absolute atomic E-state index is 13.3. The van der Waals surface area contributed by atoms with Crippen LogP contribution in [0.15, 0.2) is 60.7 Å². The normalized spacial score (nSPS) is 15.6. The Morgan fingerprint density at radius 1 is 1.06 bits per heavy atom. The Bertz CT molecular complexity index is 1140. The molecule has 0 aliphatic carbocycles. The van der Waals surface area contributed by atoms with Gasteiger partial charge in [0.05, 0.1) is 30.3 Å². The molecule has 1 unspecified atom stereocenters. The highest BCUT2D eigenvalue weighted by Gasteiger charge is 2.30. The molecule has 2 aromatic carbocycles. The Morgan fingerprint density at radius 2 is 1.74 bits per heavy atom. The molecule has 1 aromatic heterocycles. The highest BCUT2D eigenvalue weighted by Crippen LogP contribution is 2.23. The molecule has 0 spiro atoms. The first-order chi connectivity index (χ1) is 16.9. The number of piperidine rings is 1. The van der Waals surface area contributed by atoms with E-state index >= 15 is 0 Å². The summed E-state index contributed by atoms with van der Waals surface area (Å²) in [5, 5.41) is 4.70.